The van der Waals surface area contributed by atoms with Crippen molar-refractivity contribution in [1.82, 2.24) is 10.2 Å². The molecule has 1 unspecified atom stereocenters. The first kappa shape index (κ1) is 22.1. The highest BCUT2D eigenvalue weighted by atomic mass is 32.2. The molecule has 0 spiro atoms. The van der Waals surface area contributed by atoms with Crippen molar-refractivity contribution < 1.29 is 14.0 Å². The van der Waals surface area contributed by atoms with Crippen LogP contribution in [0.15, 0.2) is 58.2 Å². The number of anilines is 2. The fraction of sp³-hybridized carbons (Fsp3) is 0.333. The standard InChI is InChI=1S/C24H26N4O3S/c1-15-13-20(29)25-18-7-5-6-8-19(18)28(15)21(30)14-32-23-27-26-22(31-23)16-9-11-17(12-10-16)24(2,3)4/h5-12,15H,13-14H2,1-4H3,(H,25,29). The van der Waals surface area contributed by atoms with Crippen LogP contribution in [0.4, 0.5) is 11.4 Å². The molecule has 2 aromatic carbocycles. The van der Waals surface area contributed by atoms with Gasteiger partial charge >= 0.3 is 0 Å². The third-order valence-corrected chi connectivity index (χ3v) is 6.15. The Labute approximate surface area is 191 Å². The molecule has 0 saturated carbocycles. The molecule has 1 aliphatic rings. The number of hydrogen-bond donors (Lipinski definition) is 1. The van der Waals surface area contributed by atoms with E-state index in [1.807, 2.05) is 37.3 Å². The fourth-order valence-electron chi connectivity index (χ4n) is 3.66. The molecule has 0 bridgehead atoms. The van der Waals surface area contributed by atoms with E-state index in [0.29, 0.717) is 22.5 Å². The summed E-state index contributed by atoms with van der Waals surface area (Å²) in [6, 6.07) is 15.1. The Balaban J connectivity index is 1.46. The molecule has 2 heterocycles. The number of rotatable bonds is 4. The van der Waals surface area contributed by atoms with Gasteiger partial charge in [0.05, 0.1) is 17.1 Å². The average Bonchev–Trinajstić information content (AvgIpc) is 3.17. The highest BCUT2D eigenvalue weighted by molar-refractivity contribution is 7.99. The highest BCUT2D eigenvalue weighted by Crippen LogP contribution is 2.33. The predicted molar refractivity (Wildman–Crippen MR) is 126 cm³/mol. The largest absolute Gasteiger partial charge is 0.411 e. The van der Waals surface area contributed by atoms with E-state index >= 15 is 0 Å². The Morgan fingerprint density at radius 3 is 2.59 bits per heavy atom. The van der Waals surface area contributed by atoms with Gasteiger partial charge in [0.25, 0.3) is 5.22 Å². The van der Waals surface area contributed by atoms with E-state index in [4.69, 9.17) is 4.42 Å². The Morgan fingerprint density at radius 2 is 1.88 bits per heavy atom. The predicted octanol–water partition coefficient (Wildman–Crippen LogP) is 4.89. The molecule has 3 aromatic rings. The molecule has 0 radical (unpaired) electrons. The van der Waals surface area contributed by atoms with Gasteiger partial charge in [0.2, 0.25) is 17.7 Å². The molecule has 32 heavy (non-hydrogen) atoms. The number of carbonyl (C=O) groups is 2. The maximum Gasteiger partial charge on any atom is 0.277 e. The van der Waals surface area contributed by atoms with Gasteiger partial charge < -0.3 is 14.6 Å². The fourth-order valence-corrected chi connectivity index (χ4v) is 4.28. The van der Waals surface area contributed by atoms with E-state index in [2.05, 4.69) is 48.4 Å². The molecule has 0 saturated heterocycles. The van der Waals surface area contributed by atoms with Crippen molar-refractivity contribution >= 4 is 35.0 Å². The minimum absolute atomic E-state index is 0.0674. The van der Waals surface area contributed by atoms with Crippen LogP contribution in [-0.2, 0) is 15.0 Å². The summed E-state index contributed by atoms with van der Waals surface area (Å²) in [4.78, 5) is 26.9. The lowest BCUT2D eigenvalue weighted by Crippen LogP contribution is -2.40. The number of hydrogen-bond acceptors (Lipinski definition) is 6. The third-order valence-electron chi connectivity index (χ3n) is 5.35. The molecule has 0 fully saturated rings. The van der Waals surface area contributed by atoms with Gasteiger partial charge in [-0.15, -0.1) is 10.2 Å². The summed E-state index contributed by atoms with van der Waals surface area (Å²) in [6.45, 7) is 8.36. The summed E-state index contributed by atoms with van der Waals surface area (Å²) in [5, 5.41) is 11.4. The van der Waals surface area contributed by atoms with Crippen LogP contribution in [0.3, 0.4) is 0 Å². The van der Waals surface area contributed by atoms with Crippen molar-refractivity contribution in [1.29, 1.82) is 0 Å². The number of thioether (sulfide) groups is 1. The second-order valence-corrected chi connectivity index (χ2v) is 9.80. The normalized spacial score (nSPS) is 16.3. The van der Waals surface area contributed by atoms with Gasteiger partial charge in [-0.25, -0.2) is 0 Å². The van der Waals surface area contributed by atoms with Gasteiger partial charge in [-0.1, -0.05) is 56.8 Å². The zero-order chi connectivity index (χ0) is 22.9. The van der Waals surface area contributed by atoms with Crippen LogP contribution in [0.25, 0.3) is 11.5 Å². The SMILES string of the molecule is CC1CC(=O)Nc2ccccc2N1C(=O)CSc1nnc(-c2ccc(C(C)(C)C)cc2)o1. The van der Waals surface area contributed by atoms with Crippen LogP contribution in [0, 0.1) is 0 Å². The number of amides is 2. The van der Waals surface area contributed by atoms with Crippen LogP contribution in [0.2, 0.25) is 0 Å². The molecular weight excluding hydrogens is 424 g/mol. The van der Waals surface area contributed by atoms with E-state index in [-0.39, 0.29) is 35.4 Å². The molecule has 166 valence electrons. The number of para-hydroxylation sites is 2. The second kappa shape index (κ2) is 8.78. The number of nitrogens with zero attached hydrogens (tertiary/aromatic N) is 3. The lowest BCUT2D eigenvalue weighted by atomic mass is 9.87. The number of aromatic nitrogens is 2. The first-order valence-corrected chi connectivity index (χ1v) is 11.5. The van der Waals surface area contributed by atoms with Crippen LogP contribution < -0.4 is 10.2 Å². The van der Waals surface area contributed by atoms with E-state index in [1.165, 1.54) is 17.3 Å². The van der Waals surface area contributed by atoms with E-state index in [1.54, 1.807) is 11.0 Å². The van der Waals surface area contributed by atoms with Crippen molar-refractivity contribution in [2.45, 2.75) is 50.8 Å². The summed E-state index contributed by atoms with van der Waals surface area (Å²) in [6.07, 6.45) is 0.236. The molecule has 1 aliphatic heterocycles. The number of fused-ring (bicyclic) bond motifs is 1. The maximum atomic E-state index is 13.1. The lowest BCUT2D eigenvalue weighted by Gasteiger charge is -2.27. The minimum Gasteiger partial charge on any atom is -0.411 e. The summed E-state index contributed by atoms with van der Waals surface area (Å²) < 4.78 is 5.77. The zero-order valence-electron chi connectivity index (χ0n) is 18.6. The third kappa shape index (κ3) is 4.70. The van der Waals surface area contributed by atoms with E-state index in [0.717, 1.165) is 5.56 Å². The first-order valence-electron chi connectivity index (χ1n) is 10.5. The van der Waals surface area contributed by atoms with E-state index < -0.39 is 0 Å². The van der Waals surface area contributed by atoms with Crippen molar-refractivity contribution in [3.63, 3.8) is 0 Å². The quantitative estimate of drug-likeness (QED) is 0.570. The van der Waals surface area contributed by atoms with Crippen molar-refractivity contribution in [2.75, 3.05) is 16.0 Å². The molecule has 4 rings (SSSR count). The van der Waals surface area contributed by atoms with Gasteiger partial charge in [0.1, 0.15) is 0 Å². The molecule has 1 aromatic heterocycles. The van der Waals surface area contributed by atoms with Crippen LogP contribution in [0.1, 0.15) is 39.7 Å². The Bertz CT molecular complexity index is 1130. The van der Waals surface area contributed by atoms with Gasteiger partial charge in [0.15, 0.2) is 0 Å². The van der Waals surface area contributed by atoms with Crippen LogP contribution >= 0.6 is 11.8 Å². The molecule has 1 atom stereocenters. The number of nitrogens with one attached hydrogen (secondary N) is 1. The van der Waals surface area contributed by atoms with Crippen molar-refractivity contribution in [2.24, 2.45) is 0 Å². The topological polar surface area (TPSA) is 88.3 Å². The van der Waals surface area contributed by atoms with E-state index in [9.17, 15) is 9.59 Å². The molecule has 0 aliphatic carbocycles. The Morgan fingerprint density at radius 1 is 1.16 bits per heavy atom. The molecule has 8 heteroatoms. The minimum atomic E-state index is -0.258. The molecule has 2 amide bonds. The average molecular weight is 451 g/mol. The maximum absolute atomic E-state index is 13.1. The molecule has 1 N–H and O–H groups in total. The number of benzene rings is 2. The highest BCUT2D eigenvalue weighted by Gasteiger charge is 2.29. The summed E-state index contributed by atoms with van der Waals surface area (Å²) >= 11 is 1.19. The second-order valence-electron chi connectivity index (χ2n) is 8.87. The van der Waals surface area contributed by atoms with Gasteiger partial charge in [-0.3, -0.25) is 9.59 Å². The summed E-state index contributed by atoms with van der Waals surface area (Å²) in [5.41, 5.74) is 3.46. The van der Waals surface area contributed by atoms with Crippen LogP contribution in [-0.4, -0.2) is 33.8 Å². The monoisotopic (exact) mass is 450 g/mol. The van der Waals surface area contributed by atoms with Gasteiger partial charge in [0, 0.05) is 18.0 Å². The Hall–Kier alpha value is -3.13. The molecular formula is C24H26N4O3S. The zero-order valence-corrected chi connectivity index (χ0v) is 19.4. The Kier molecular flexibility index (Phi) is 6.06. The smallest absolute Gasteiger partial charge is 0.277 e. The lowest BCUT2D eigenvalue weighted by molar-refractivity contribution is -0.117. The van der Waals surface area contributed by atoms with Crippen LogP contribution in [0.5, 0.6) is 0 Å². The molecule has 7 nitrogen and oxygen atoms in total. The van der Waals surface area contributed by atoms with Crippen molar-refractivity contribution in [3.05, 3.63) is 54.1 Å². The van der Waals surface area contributed by atoms with Gasteiger partial charge in [-0.2, -0.15) is 0 Å². The first-order chi connectivity index (χ1) is 15.2. The summed E-state index contributed by atoms with van der Waals surface area (Å²) in [7, 11) is 0. The summed E-state index contributed by atoms with van der Waals surface area (Å²) in [5.74, 6) is 0.314. The van der Waals surface area contributed by atoms with Crippen molar-refractivity contribution in [3.8, 4) is 11.5 Å². The van der Waals surface area contributed by atoms with Gasteiger partial charge in [-0.05, 0) is 42.2 Å². The number of carbonyl (C=O) groups excluding carboxylic acids is 2.